The largest absolute Gasteiger partial charge is 0.354 e. The molecule has 9 heteroatoms. The second-order valence-electron chi connectivity index (χ2n) is 7.47. The number of amides is 1. The van der Waals surface area contributed by atoms with Crippen molar-refractivity contribution in [1.82, 2.24) is 10.0 Å². The fourth-order valence-corrected chi connectivity index (χ4v) is 5.63. The van der Waals surface area contributed by atoms with Crippen molar-refractivity contribution in [2.75, 3.05) is 18.6 Å². The molecular formula is C21H26Cl2N2O3S2. The van der Waals surface area contributed by atoms with Crippen LogP contribution in [0.3, 0.4) is 0 Å². The quantitative estimate of drug-likeness (QED) is 0.516. The lowest BCUT2D eigenvalue weighted by Gasteiger charge is -2.29. The summed E-state index contributed by atoms with van der Waals surface area (Å²) in [7, 11) is -3.82. The van der Waals surface area contributed by atoms with Crippen LogP contribution in [0, 0.1) is 0 Å². The second kappa shape index (κ2) is 10.9. The third-order valence-electron chi connectivity index (χ3n) is 4.62. The van der Waals surface area contributed by atoms with E-state index >= 15 is 0 Å². The first kappa shape index (κ1) is 25.0. The Labute approximate surface area is 193 Å². The highest BCUT2D eigenvalue weighted by Crippen LogP contribution is 2.35. The van der Waals surface area contributed by atoms with E-state index < -0.39 is 21.5 Å². The second-order valence-corrected chi connectivity index (χ2v) is 11.0. The molecule has 0 aliphatic heterocycles. The van der Waals surface area contributed by atoms with Crippen LogP contribution >= 0.6 is 35.0 Å². The molecule has 0 heterocycles. The van der Waals surface area contributed by atoms with Crippen LogP contribution in [-0.4, -0.2) is 38.9 Å². The SMILES string of the molecule is CSCCC(NS(=O)(=O)c1ccccc1)C(=O)NCC(C)(C)c1c(Cl)cccc1Cl. The molecule has 2 aromatic carbocycles. The number of benzene rings is 2. The third kappa shape index (κ3) is 6.62. The number of rotatable bonds is 10. The summed E-state index contributed by atoms with van der Waals surface area (Å²) >= 11 is 14.2. The van der Waals surface area contributed by atoms with Crippen LogP contribution < -0.4 is 10.0 Å². The molecule has 0 bridgehead atoms. The Morgan fingerprint density at radius 2 is 1.67 bits per heavy atom. The predicted molar refractivity (Wildman–Crippen MR) is 126 cm³/mol. The van der Waals surface area contributed by atoms with E-state index in [4.69, 9.17) is 23.2 Å². The zero-order chi connectivity index (χ0) is 22.4. The highest BCUT2D eigenvalue weighted by atomic mass is 35.5. The normalized spacial score (nSPS) is 13.1. The zero-order valence-electron chi connectivity index (χ0n) is 17.1. The van der Waals surface area contributed by atoms with Crippen molar-refractivity contribution in [2.45, 2.75) is 36.6 Å². The fraction of sp³-hybridized carbons (Fsp3) is 0.381. The number of sulfonamides is 1. The first-order valence-corrected chi connectivity index (χ1v) is 13.0. The molecule has 0 aromatic heterocycles. The van der Waals surface area contributed by atoms with Gasteiger partial charge in [0.25, 0.3) is 0 Å². The van der Waals surface area contributed by atoms with Crippen LogP contribution in [-0.2, 0) is 20.2 Å². The number of nitrogens with one attached hydrogen (secondary N) is 2. The molecule has 2 rings (SSSR count). The van der Waals surface area contributed by atoms with E-state index in [1.165, 1.54) is 12.1 Å². The first-order chi connectivity index (χ1) is 14.1. The lowest BCUT2D eigenvalue weighted by atomic mass is 9.84. The van der Waals surface area contributed by atoms with Gasteiger partial charge in [-0.3, -0.25) is 4.79 Å². The molecule has 2 N–H and O–H groups in total. The lowest BCUT2D eigenvalue weighted by molar-refractivity contribution is -0.123. The summed E-state index contributed by atoms with van der Waals surface area (Å²) < 4.78 is 27.9. The number of thioether (sulfide) groups is 1. The van der Waals surface area contributed by atoms with E-state index in [1.54, 1.807) is 48.2 Å². The van der Waals surface area contributed by atoms with Crippen molar-refractivity contribution < 1.29 is 13.2 Å². The minimum absolute atomic E-state index is 0.120. The summed E-state index contributed by atoms with van der Waals surface area (Å²) in [4.78, 5) is 13.0. The maximum atomic E-state index is 12.9. The molecule has 0 fully saturated rings. The van der Waals surface area contributed by atoms with E-state index in [9.17, 15) is 13.2 Å². The van der Waals surface area contributed by atoms with Crippen molar-refractivity contribution in [2.24, 2.45) is 0 Å². The fourth-order valence-electron chi connectivity index (χ4n) is 3.00. The predicted octanol–water partition coefficient (Wildman–Crippen LogP) is 4.49. The monoisotopic (exact) mass is 488 g/mol. The summed E-state index contributed by atoms with van der Waals surface area (Å²) in [5, 5.41) is 3.90. The standard InChI is InChI=1S/C21H26Cl2N2O3S2/c1-21(2,19-16(22)10-7-11-17(19)23)14-24-20(26)18(12-13-29-3)25-30(27,28)15-8-5-4-6-9-15/h4-11,18,25H,12-14H2,1-3H3,(H,24,26). The van der Waals surface area contributed by atoms with Crippen LogP contribution in [0.5, 0.6) is 0 Å². The molecule has 0 saturated carbocycles. The van der Waals surface area contributed by atoms with Crippen LogP contribution in [0.4, 0.5) is 0 Å². The minimum Gasteiger partial charge on any atom is -0.354 e. The van der Waals surface area contributed by atoms with Crippen molar-refractivity contribution in [3.8, 4) is 0 Å². The van der Waals surface area contributed by atoms with E-state index in [2.05, 4.69) is 10.0 Å². The molecule has 0 aliphatic carbocycles. The average molecular weight is 489 g/mol. The number of hydrogen-bond donors (Lipinski definition) is 2. The number of hydrogen-bond acceptors (Lipinski definition) is 4. The highest BCUT2D eigenvalue weighted by Gasteiger charge is 2.30. The Kier molecular flexibility index (Phi) is 9.06. The summed E-state index contributed by atoms with van der Waals surface area (Å²) in [6, 6.07) is 12.4. The van der Waals surface area contributed by atoms with E-state index in [-0.39, 0.29) is 17.3 Å². The Morgan fingerprint density at radius 1 is 1.07 bits per heavy atom. The Bertz CT molecular complexity index is 947. The van der Waals surface area contributed by atoms with Crippen LogP contribution in [0.25, 0.3) is 0 Å². The summed E-state index contributed by atoms with van der Waals surface area (Å²) in [6.07, 6.45) is 2.27. The maximum absolute atomic E-state index is 12.9. The van der Waals surface area contributed by atoms with Gasteiger partial charge in [0.05, 0.1) is 4.90 Å². The van der Waals surface area contributed by atoms with Crippen LogP contribution in [0.15, 0.2) is 53.4 Å². The molecular weight excluding hydrogens is 463 g/mol. The van der Waals surface area contributed by atoms with Crippen molar-refractivity contribution >= 4 is 50.9 Å². The Balaban J connectivity index is 2.15. The van der Waals surface area contributed by atoms with Gasteiger partial charge >= 0.3 is 0 Å². The van der Waals surface area contributed by atoms with Gasteiger partial charge in [-0.2, -0.15) is 16.5 Å². The summed E-state index contributed by atoms with van der Waals surface area (Å²) in [6.45, 7) is 4.09. The molecule has 1 amide bonds. The van der Waals surface area contributed by atoms with Crippen LogP contribution in [0.2, 0.25) is 10.0 Å². The topological polar surface area (TPSA) is 75.3 Å². The van der Waals surface area contributed by atoms with Gasteiger partial charge in [-0.15, -0.1) is 0 Å². The van der Waals surface area contributed by atoms with Gasteiger partial charge in [0.2, 0.25) is 15.9 Å². The average Bonchev–Trinajstić information content (AvgIpc) is 2.69. The van der Waals surface area contributed by atoms with Gasteiger partial charge in [-0.05, 0) is 48.3 Å². The first-order valence-electron chi connectivity index (χ1n) is 9.37. The summed E-state index contributed by atoms with van der Waals surface area (Å²) in [5.41, 5.74) is 0.187. The molecule has 5 nitrogen and oxygen atoms in total. The molecule has 30 heavy (non-hydrogen) atoms. The molecule has 0 radical (unpaired) electrons. The van der Waals surface area contributed by atoms with E-state index in [1.807, 2.05) is 20.1 Å². The van der Waals surface area contributed by atoms with Gasteiger partial charge < -0.3 is 5.32 Å². The van der Waals surface area contributed by atoms with Crippen molar-refractivity contribution in [3.05, 3.63) is 64.1 Å². The van der Waals surface area contributed by atoms with Gasteiger partial charge in [-0.1, -0.05) is 61.3 Å². The Hall–Kier alpha value is -1.25. The molecule has 1 unspecified atom stereocenters. The van der Waals surface area contributed by atoms with Gasteiger partial charge in [-0.25, -0.2) is 8.42 Å². The zero-order valence-corrected chi connectivity index (χ0v) is 20.3. The van der Waals surface area contributed by atoms with Gasteiger partial charge in [0.1, 0.15) is 6.04 Å². The van der Waals surface area contributed by atoms with Gasteiger partial charge in [0, 0.05) is 22.0 Å². The number of carbonyl (C=O) groups is 1. The molecule has 1 atom stereocenters. The van der Waals surface area contributed by atoms with E-state index in [0.717, 1.165) is 5.56 Å². The van der Waals surface area contributed by atoms with Crippen molar-refractivity contribution in [1.29, 1.82) is 0 Å². The third-order valence-corrected chi connectivity index (χ3v) is 7.38. The maximum Gasteiger partial charge on any atom is 0.241 e. The lowest BCUT2D eigenvalue weighted by Crippen LogP contribution is -2.49. The smallest absolute Gasteiger partial charge is 0.241 e. The number of halogens is 2. The van der Waals surface area contributed by atoms with Gasteiger partial charge in [0.15, 0.2) is 0 Å². The number of carbonyl (C=O) groups excluding carboxylic acids is 1. The van der Waals surface area contributed by atoms with Crippen LogP contribution in [0.1, 0.15) is 25.8 Å². The molecule has 0 aliphatic rings. The molecule has 0 spiro atoms. The van der Waals surface area contributed by atoms with Crippen molar-refractivity contribution in [3.63, 3.8) is 0 Å². The van der Waals surface area contributed by atoms with E-state index in [0.29, 0.717) is 22.2 Å². The highest BCUT2D eigenvalue weighted by molar-refractivity contribution is 7.98. The molecule has 2 aromatic rings. The Morgan fingerprint density at radius 3 is 2.23 bits per heavy atom. The molecule has 164 valence electrons. The minimum atomic E-state index is -3.82. The molecule has 0 saturated heterocycles. The summed E-state index contributed by atoms with van der Waals surface area (Å²) in [5.74, 6) is 0.245.